The molecule has 2 amide bonds. The lowest BCUT2D eigenvalue weighted by molar-refractivity contribution is 0.0994. The summed E-state index contributed by atoms with van der Waals surface area (Å²) < 4.78 is 11.8. The molecule has 27 heavy (non-hydrogen) atoms. The van der Waals surface area contributed by atoms with Crippen LogP contribution in [0.5, 0.6) is 0 Å². The molecule has 2 N–H and O–H groups in total. The number of rotatable bonds is 4. The molecule has 0 aliphatic heterocycles. The fourth-order valence-corrected chi connectivity index (χ4v) is 3.35. The summed E-state index contributed by atoms with van der Waals surface area (Å²) >= 11 is 2.21. The number of hydrogen-bond acceptors (Lipinski definition) is 5. The Hall–Kier alpha value is -2.36. The van der Waals surface area contributed by atoms with Gasteiger partial charge in [0.15, 0.2) is 5.76 Å². The van der Waals surface area contributed by atoms with Crippen LogP contribution in [0, 0.1) is 10.5 Å². The number of nitrogens with one attached hydrogen (secondary N) is 2. The highest BCUT2D eigenvalue weighted by Gasteiger charge is 2.28. The monoisotopic (exact) mass is 481 g/mol. The number of furan rings is 1. The van der Waals surface area contributed by atoms with E-state index in [1.807, 2.05) is 31.2 Å². The number of halogens is 1. The molecule has 1 aliphatic rings. The lowest BCUT2D eigenvalue weighted by Crippen LogP contribution is -2.22. The zero-order chi connectivity index (χ0) is 19.4. The van der Waals surface area contributed by atoms with Crippen molar-refractivity contribution >= 4 is 46.0 Å². The zero-order valence-electron chi connectivity index (χ0n) is 15.1. The summed E-state index contributed by atoms with van der Waals surface area (Å²) in [5.41, 5.74) is 5.30. The molecule has 0 saturated carbocycles. The van der Waals surface area contributed by atoms with Crippen LogP contribution in [0.25, 0.3) is 0 Å². The van der Waals surface area contributed by atoms with Crippen LogP contribution in [0.3, 0.4) is 0 Å². The van der Waals surface area contributed by atoms with E-state index >= 15 is 0 Å². The minimum absolute atomic E-state index is 0.268. The molecule has 1 aromatic carbocycles. The smallest absolute Gasteiger partial charge is 0.427 e. The summed E-state index contributed by atoms with van der Waals surface area (Å²) in [6.07, 6.45) is 1.65. The van der Waals surface area contributed by atoms with Crippen LogP contribution in [0.2, 0.25) is 0 Å². The molecule has 1 aliphatic carbocycles. The quantitative estimate of drug-likeness (QED) is 0.505. The number of amides is 2. The van der Waals surface area contributed by atoms with Crippen LogP contribution in [-0.4, -0.2) is 24.3 Å². The molecule has 0 saturated heterocycles. The average molecular weight is 481 g/mol. The number of fused-ring (bicyclic) bond motifs is 1. The number of carbonyl (C=O) groups excluding carboxylic acids is 2. The minimum Gasteiger partial charge on any atom is -0.455 e. The molecule has 0 unspecified atom stereocenters. The minimum atomic E-state index is -0.602. The molecule has 1 heterocycles. The third-order valence-corrected chi connectivity index (χ3v) is 4.91. The third-order valence-electron chi connectivity index (χ3n) is 4.19. The topological polar surface area (TPSA) is 92.9 Å². The Labute approximate surface area is 170 Å². The normalized spacial score (nSPS) is 14.6. The van der Waals surface area contributed by atoms with Gasteiger partial charge >= 0.3 is 6.09 Å². The summed E-state index contributed by atoms with van der Waals surface area (Å²) in [7, 11) is 0. The summed E-state index contributed by atoms with van der Waals surface area (Å²) in [5.74, 6) is 0.681. The van der Waals surface area contributed by atoms with Gasteiger partial charge in [0, 0.05) is 26.8 Å². The first-order chi connectivity index (χ1) is 13.0. The highest BCUT2D eigenvalue weighted by atomic mass is 127. The molecule has 1 aromatic heterocycles. The van der Waals surface area contributed by atoms with Gasteiger partial charge in [-0.1, -0.05) is 0 Å². The molecule has 0 atom stereocenters. The van der Waals surface area contributed by atoms with Crippen LogP contribution in [-0.2, 0) is 11.2 Å². The number of hydrogen-bond donors (Lipinski definition) is 2. The Bertz CT molecular complexity index is 887. The molecular weight excluding hydrogens is 461 g/mol. The summed E-state index contributed by atoms with van der Waals surface area (Å²) in [6, 6.07) is 7.52. The average Bonchev–Trinajstić information content (AvgIpc) is 3.00. The Kier molecular flexibility index (Phi) is 6.15. The van der Waals surface area contributed by atoms with Crippen molar-refractivity contribution in [3.63, 3.8) is 0 Å². The highest BCUT2D eigenvalue weighted by Crippen LogP contribution is 2.30. The number of ether oxygens (including phenoxy) is 1. The molecule has 3 rings (SSSR count). The van der Waals surface area contributed by atoms with Crippen LogP contribution in [0.4, 0.5) is 10.5 Å². The van der Waals surface area contributed by atoms with Gasteiger partial charge in [-0.2, -0.15) is 5.10 Å². The maximum atomic E-state index is 12.7. The van der Waals surface area contributed by atoms with Crippen molar-refractivity contribution in [3.8, 4) is 0 Å². The zero-order valence-corrected chi connectivity index (χ0v) is 17.3. The van der Waals surface area contributed by atoms with E-state index in [4.69, 9.17) is 9.15 Å². The van der Waals surface area contributed by atoms with Gasteiger partial charge in [-0.3, -0.25) is 4.79 Å². The molecule has 0 spiro atoms. The first kappa shape index (κ1) is 19.4. The van der Waals surface area contributed by atoms with Gasteiger partial charge < -0.3 is 14.5 Å². The number of anilines is 1. The fraction of sp³-hybridized carbons (Fsp3) is 0.316. The van der Waals surface area contributed by atoms with E-state index in [1.54, 1.807) is 6.92 Å². The molecular formula is C19H20IN3O4. The van der Waals surface area contributed by atoms with Crippen LogP contribution in [0.1, 0.15) is 47.2 Å². The third kappa shape index (κ3) is 4.49. The predicted octanol–water partition coefficient (Wildman–Crippen LogP) is 4.23. The molecule has 7 nitrogen and oxygen atoms in total. The second-order valence-corrected chi connectivity index (χ2v) is 7.31. The van der Waals surface area contributed by atoms with E-state index in [-0.39, 0.29) is 18.3 Å². The maximum absolute atomic E-state index is 12.7. The second-order valence-electron chi connectivity index (χ2n) is 6.06. The number of benzene rings is 1. The summed E-state index contributed by atoms with van der Waals surface area (Å²) in [5, 5.41) is 7.02. The van der Waals surface area contributed by atoms with Crippen molar-refractivity contribution in [2.24, 2.45) is 5.10 Å². The summed E-state index contributed by atoms with van der Waals surface area (Å²) in [6.45, 7) is 3.83. The van der Waals surface area contributed by atoms with E-state index in [0.29, 0.717) is 17.8 Å². The van der Waals surface area contributed by atoms with Gasteiger partial charge in [0.25, 0.3) is 5.91 Å². The van der Waals surface area contributed by atoms with E-state index in [0.717, 1.165) is 33.3 Å². The number of hydrazone groups is 1. The first-order valence-electron chi connectivity index (χ1n) is 8.68. The molecule has 142 valence electrons. The van der Waals surface area contributed by atoms with Gasteiger partial charge in [-0.25, -0.2) is 10.2 Å². The van der Waals surface area contributed by atoms with Crippen molar-refractivity contribution in [2.45, 2.75) is 33.1 Å². The maximum Gasteiger partial charge on any atom is 0.427 e. The van der Waals surface area contributed by atoms with Crippen molar-refractivity contribution < 1.29 is 18.7 Å². The van der Waals surface area contributed by atoms with Crippen molar-refractivity contribution in [2.75, 3.05) is 11.9 Å². The van der Waals surface area contributed by atoms with E-state index in [2.05, 4.69) is 38.4 Å². The van der Waals surface area contributed by atoms with Crippen LogP contribution >= 0.6 is 22.6 Å². The number of aryl methyl sites for hydroxylation is 1. The SMILES string of the molecule is CCOC(=O)N/N=C1\CCCc2oc(C(=O)Nc3ccc(I)cc3)c(C)c21. The van der Waals surface area contributed by atoms with Crippen LogP contribution in [0.15, 0.2) is 33.8 Å². The number of carbonyl (C=O) groups is 2. The predicted molar refractivity (Wildman–Crippen MR) is 110 cm³/mol. The van der Waals surface area contributed by atoms with Crippen molar-refractivity contribution in [3.05, 3.63) is 50.5 Å². The van der Waals surface area contributed by atoms with Gasteiger partial charge in [0.05, 0.1) is 12.3 Å². The van der Waals surface area contributed by atoms with Gasteiger partial charge in [-0.05, 0) is 73.5 Å². The van der Waals surface area contributed by atoms with E-state index in [1.165, 1.54) is 0 Å². The molecule has 0 fully saturated rings. The molecule has 8 heteroatoms. The van der Waals surface area contributed by atoms with E-state index < -0.39 is 6.09 Å². The van der Waals surface area contributed by atoms with E-state index in [9.17, 15) is 9.59 Å². The Morgan fingerprint density at radius 1 is 1.26 bits per heavy atom. The van der Waals surface area contributed by atoms with Crippen LogP contribution < -0.4 is 10.7 Å². The first-order valence-corrected chi connectivity index (χ1v) is 9.76. The fourth-order valence-electron chi connectivity index (χ4n) is 2.99. The standard InChI is InChI=1S/C19H20IN3O4/c1-3-26-19(25)23-22-14-5-4-6-15-16(14)11(2)17(27-15)18(24)21-13-9-7-12(20)8-10-13/h7-10H,3-6H2,1-2H3,(H,21,24)(H,23,25)/b22-14+. The second kappa shape index (κ2) is 8.55. The lowest BCUT2D eigenvalue weighted by Gasteiger charge is -2.13. The largest absolute Gasteiger partial charge is 0.455 e. The molecule has 0 radical (unpaired) electrons. The summed E-state index contributed by atoms with van der Waals surface area (Å²) in [4.78, 5) is 24.2. The number of nitrogens with zero attached hydrogens (tertiary/aromatic N) is 1. The lowest BCUT2D eigenvalue weighted by atomic mass is 9.93. The van der Waals surface area contributed by atoms with Crippen molar-refractivity contribution in [1.82, 2.24) is 5.43 Å². The molecule has 2 aromatic rings. The Morgan fingerprint density at radius 3 is 2.70 bits per heavy atom. The van der Waals surface area contributed by atoms with Gasteiger partial charge in [0.1, 0.15) is 5.76 Å². The van der Waals surface area contributed by atoms with Crippen molar-refractivity contribution in [1.29, 1.82) is 0 Å². The Morgan fingerprint density at radius 2 is 2.00 bits per heavy atom. The van der Waals surface area contributed by atoms with Gasteiger partial charge in [0.2, 0.25) is 0 Å². The van der Waals surface area contributed by atoms with Gasteiger partial charge in [-0.15, -0.1) is 0 Å². The highest BCUT2D eigenvalue weighted by molar-refractivity contribution is 14.1. The molecule has 0 bridgehead atoms. The Balaban J connectivity index is 1.83.